The zero-order valence-electron chi connectivity index (χ0n) is 9.70. The smallest absolute Gasteiger partial charge is 0.137 e. The number of benzene rings is 1. The third-order valence-electron chi connectivity index (χ3n) is 2.23. The van der Waals surface area contributed by atoms with Gasteiger partial charge in [0.05, 0.1) is 11.6 Å². The molecule has 0 saturated heterocycles. The summed E-state index contributed by atoms with van der Waals surface area (Å²) >= 11 is 6.07. The van der Waals surface area contributed by atoms with Gasteiger partial charge in [0, 0.05) is 26.2 Å². The first kappa shape index (κ1) is 13.3. The molecule has 0 heterocycles. The average molecular weight is 244 g/mol. The lowest BCUT2D eigenvalue weighted by Gasteiger charge is -2.11. The van der Waals surface area contributed by atoms with Crippen LogP contribution in [0.4, 0.5) is 0 Å². The van der Waals surface area contributed by atoms with Gasteiger partial charge in [0.2, 0.25) is 0 Å². The Hall–Kier alpha value is -0.770. The largest absolute Gasteiger partial charge is 0.492 e. The number of halogens is 1. The number of methoxy groups -OCH3 is 1. The molecule has 2 N–H and O–H groups in total. The van der Waals surface area contributed by atoms with Crippen LogP contribution in [0.15, 0.2) is 18.2 Å². The molecule has 1 aromatic rings. The van der Waals surface area contributed by atoms with Crippen molar-refractivity contribution in [2.45, 2.75) is 19.4 Å². The van der Waals surface area contributed by atoms with Gasteiger partial charge in [-0.3, -0.25) is 0 Å². The van der Waals surface area contributed by atoms with Gasteiger partial charge in [0.1, 0.15) is 5.75 Å². The Bertz CT molecular complexity index is 329. The summed E-state index contributed by atoms with van der Waals surface area (Å²) in [6.45, 7) is 3.21. The van der Waals surface area contributed by atoms with Gasteiger partial charge in [-0.2, -0.15) is 0 Å². The zero-order chi connectivity index (χ0) is 12.0. The summed E-state index contributed by atoms with van der Waals surface area (Å²) in [5.41, 5.74) is 6.76. The van der Waals surface area contributed by atoms with Gasteiger partial charge < -0.3 is 15.2 Å². The Kier molecular flexibility index (Phi) is 5.60. The normalized spacial score (nSPS) is 12.5. The summed E-state index contributed by atoms with van der Waals surface area (Å²) in [7, 11) is 1.67. The fourth-order valence-corrected chi connectivity index (χ4v) is 1.55. The van der Waals surface area contributed by atoms with Gasteiger partial charge in [-0.25, -0.2) is 0 Å². The Labute approximate surface area is 101 Å². The molecule has 0 amide bonds. The van der Waals surface area contributed by atoms with Gasteiger partial charge in [-0.15, -0.1) is 0 Å². The molecule has 90 valence electrons. The van der Waals surface area contributed by atoms with Crippen molar-refractivity contribution in [1.29, 1.82) is 0 Å². The van der Waals surface area contributed by atoms with Crippen LogP contribution in [0.3, 0.4) is 0 Å². The minimum atomic E-state index is -0.0139. The average Bonchev–Trinajstić information content (AvgIpc) is 2.26. The predicted molar refractivity (Wildman–Crippen MR) is 66.0 cm³/mol. The van der Waals surface area contributed by atoms with E-state index in [0.29, 0.717) is 24.0 Å². The fraction of sp³-hybridized carbons (Fsp3) is 0.500. The fourth-order valence-electron chi connectivity index (χ4n) is 1.30. The summed E-state index contributed by atoms with van der Waals surface area (Å²) < 4.78 is 10.5. The maximum Gasteiger partial charge on any atom is 0.137 e. The summed E-state index contributed by atoms with van der Waals surface area (Å²) in [5.74, 6) is 0.696. The summed E-state index contributed by atoms with van der Waals surface area (Å²) in [6.07, 6.45) is 0.849. The monoisotopic (exact) mass is 243 g/mol. The standard InChI is InChI=1S/C12H18ClNO2/c1-9(14)10-4-5-12(11(13)8-10)16-7-3-6-15-2/h4-5,8-9H,3,6-7,14H2,1-2H3/t9-/m1/s1. The molecule has 4 heteroatoms. The van der Waals surface area contributed by atoms with Gasteiger partial charge in [-0.1, -0.05) is 17.7 Å². The molecule has 3 nitrogen and oxygen atoms in total. The van der Waals surface area contributed by atoms with E-state index in [0.717, 1.165) is 12.0 Å². The Morgan fingerprint density at radius 1 is 1.38 bits per heavy atom. The molecule has 1 atom stereocenters. The number of rotatable bonds is 6. The van der Waals surface area contributed by atoms with E-state index in [-0.39, 0.29) is 6.04 Å². The molecule has 1 rings (SSSR count). The van der Waals surface area contributed by atoms with Crippen molar-refractivity contribution in [3.05, 3.63) is 28.8 Å². The highest BCUT2D eigenvalue weighted by molar-refractivity contribution is 6.32. The quantitative estimate of drug-likeness (QED) is 0.782. The van der Waals surface area contributed by atoms with Crippen LogP contribution in [0.25, 0.3) is 0 Å². The van der Waals surface area contributed by atoms with Crippen LogP contribution < -0.4 is 10.5 Å². The molecule has 16 heavy (non-hydrogen) atoms. The van der Waals surface area contributed by atoms with Gasteiger partial charge in [-0.05, 0) is 24.6 Å². The molecule has 0 aliphatic rings. The minimum Gasteiger partial charge on any atom is -0.492 e. The first-order valence-corrected chi connectivity index (χ1v) is 5.69. The van der Waals surface area contributed by atoms with Crippen molar-refractivity contribution in [1.82, 2.24) is 0 Å². The second-order valence-corrected chi connectivity index (χ2v) is 4.08. The Balaban J connectivity index is 2.54. The van der Waals surface area contributed by atoms with E-state index < -0.39 is 0 Å². The number of nitrogens with two attached hydrogens (primary N) is 1. The van der Waals surface area contributed by atoms with Crippen LogP contribution in [0.5, 0.6) is 5.75 Å². The van der Waals surface area contributed by atoms with Crippen LogP contribution in [0.2, 0.25) is 5.02 Å². The van der Waals surface area contributed by atoms with Crippen LogP contribution >= 0.6 is 11.6 Å². The molecular formula is C12H18ClNO2. The lowest BCUT2D eigenvalue weighted by Crippen LogP contribution is -2.05. The molecular weight excluding hydrogens is 226 g/mol. The summed E-state index contributed by atoms with van der Waals surface area (Å²) in [6, 6.07) is 5.62. The van der Waals surface area contributed by atoms with E-state index in [1.54, 1.807) is 7.11 Å². The van der Waals surface area contributed by atoms with Crippen molar-refractivity contribution in [3.8, 4) is 5.75 Å². The topological polar surface area (TPSA) is 44.5 Å². The molecule has 0 saturated carbocycles. The third-order valence-corrected chi connectivity index (χ3v) is 2.53. The summed E-state index contributed by atoms with van der Waals surface area (Å²) in [4.78, 5) is 0. The maximum atomic E-state index is 6.07. The molecule has 0 aromatic heterocycles. The summed E-state index contributed by atoms with van der Waals surface area (Å²) in [5, 5.41) is 0.604. The second kappa shape index (κ2) is 6.74. The minimum absolute atomic E-state index is 0.0139. The predicted octanol–water partition coefficient (Wildman–Crippen LogP) is 2.78. The number of hydrogen-bond donors (Lipinski definition) is 1. The van der Waals surface area contributed by atoms with E-state index in [2.05, 4.69) is 0 Å². The van der Waals surface area contributed by atoms with Crippen molar-refractivity contribution in [2.24, 2.45) is 5.73 Å². The third kappa shape index (κ3) is 4.00. The highest BCUT2D eigenvalue weighted by Crippen LogP contribution is 2.27. The number of hydrogen-bond acceptors (Lipinski definition) is 3. The van der Waals surface area contributed by atoms with E-state index in [9.17, 15) is 0 Å². The molecule has 1 aromatic carbocycles. The van der Waals surface area contributed by atoms with Crippen LogP contribution in [-0.2, 0) is 4.74 Å². The molecule has 0 spiro atoms. The van der Waals surface area contributed by atoms with Gasteiger partial charge >= 0.3 is 0 Å². The lowest BCUT2D eigenvalue weighted by molar-refractivity contribution is 0.172. The molecule has 0 fully saturated rings. The van der Waals surface area contributed by atoms with Crippen LogP contribution in [0, 0.1) is 0 Å². The first-order chi connectivity index (χ1) is 7.65. The van der Waals surface area contributed by atoms with E-state index in [4.69, 9.17) is 26.8 Å². The van der Waals surface area contributed by atoms with Gasteiger partial charge in [0.15, 0.2) is 0 Å². The van der Waals surface area contributed by atoms with Crippen molar-refractivity contribution < 1.29 is 9.47 Å². The highest BCUT2D eigenvalue weighted by Gasteiger charge is 2.05. The van der Waals surface area contributed by atoms with Crippen LogP contribution in [0.1, 0.15) is 24.9 Å². The molecule has 0 aliphatic carbocycles. The van der Waals surface area contributed by atoms with Crippen LogP contribution in [-0.4, -0.2) is 20.3 Å². The maximum absolute atomic E-state index is 6.07. The molecule has 0 unspecified atom stereocenters. The highest BCUT2D eigenvalue weighted by atomic mass is 35.5. The van der Waals surface area contributed by atoms with Crippen molar-refractivity contribution in [2.75, 3.05) is 20.3 Å². The zero-order valence-corrected chi connectivity index (χ0v) is 10.5. The SMILES string of the molecule is COCCCOc1ccc([C@@H](C)N)cc1Cl. The van der Waals surface area contributed by atoms with E-state index in [1.807, 2.05) is 25.1 Å². The first-order valence-electron chi connectivity index (χ1n) is 5.32. The molecule has 0 aliphatic heterocycles. The Morgan fingerprint density at radius 2 is 2.12 bits per heavy atom. The molecule has 0 radical (unpaired) electrons. The van der Waals surface area contributed by atoms with Crippen molar-refractivity contribution >= 4 is 11.6 Å². The van der Waals surface area contributed by atoms with Gasteiger partial charge in [0.25, 0.3) is 0 Å². The number of ether oxygens (including phenoxy) is 2. The lowest BCUT2D eigenvalue weighted by atomic mass is 10.1. The van der Waals surface area contributed by atoms with E-state index >= 15 is 0 Å². The van der Waals surface area contributed by atoms with E-state index in [1.165, 1.54) is 0 Å². The second-order valence-electron chi connectivity index (χ2n) is 3.67. The Morgan fingerprint density at radius 3 is 2.69 bits per heavy atom. The molecule has 0 bridgehead atoms. The van der Waals surface area contributed by atoms with Crippen molar-refractivity contribution in [3.63, 3.8) is 0 Å².